The van der Waals surface area contributed by atoms with Gasteiger partial charge in [-0.1, -0.05) is 0 Å². The molecule has 0 fully saturated rings. The van der Waals surface area contributed by atoms with Crippen LogP contribution < -0.4 is 10.6 Å². The first-order valence-corrected chi connectivity index (χ1v) is 4.47. The molecule has 0 unspecified atom stereocenters. The van der Waals surface area contributed by atoms with E-state index < -0.39 is 0 Å². The molecule has 0 aromatic carbocycles. The van der Waals surface area contributed by atoms with Gasteiger partial charge in [-0.05, 0) is 7.05 Å². The van der Waals surface area contributed by atoms with Crippen LogP contribution in [0.5, 0.6) is 0 Å². The number of hydrogen-bond donors (Lipinski definition) is 2. The highest BCUT2D eigenvalue weighted by Crippen LogP contribution is 2.14. The van der Waals surface area contributed by atoms with Crippen molar-refractivity contribution in [3.63, 3.8) is 0 Å². The Kier molecular flexibility index (Phi) is 3.19. The van der Waals surface area contributed by atoms with Gasteiger partial charge in [-0.15, -0.1) is 11.3 Å². The van der Waals surface area contributed by atoms with Gasteiger partial charge in [0.25, 0.3) is 0 Å². The first-order valence-electron chi connectivity index (χ1n) is 3.59. The second kappa shape index (κ2) is 4.18. The molecular weight excluding hydrogens is 174 g/mol. The van der Waals surface area contributed by atoms with Gasteiger partial charge in [-0.25, -0.2) is 4.98 Å². The van der Waals surface area contributed by atoms with E-state index in [4.69, 9.17) is 0 Å². The summed E-state index contributed by atoms with van der Waals surface area (Å²) in [6, 6.07) is 0. The van der Waals surface area contributed by atoms with Crippen LogP contribution in [0.3, 0.4) is 0 Å². The molecule has 0 radical (unpaired) electrons. The highest BCUT2D eigenvalue weighted by atomic mass is 32.1. The molecule has 1 amide bonds. The molecule has 5 heteroatoms. The SMILES string of the molecule is CNCc1csc(NC(C)=O)n1. The van der Waals surface area contributed by atoms with Crippen LogP contribution in [0.2, 0.25) is 0 Å². The minimum absolute atomic E-state index is 0.0830. The van der Waals surface area contributed by atoms with Crippen LogP contribution in [0.25, 0.3) is 0 Å². The molecule has 0 saturated carbocycles. The Bertz CT molecular complexity index is 271. The molecule has 66 valence electrons. The van der Waals surface area contributed by atoms with Crippen LogP contribution in [-0.2, 0) is 11.3 Å². The van der Waals surface area contributed by atoms with Crippen LogP contribution >= 0.6 is 11.3 Å². The fourth-order valence-electron chi connectivity index (χ4n) is 0.777. The van der Waals surface area contributed by atoms with Crippen molar-refractivity contribution in [3.05, 3.63) is 11.1 Å². The number of carbonyl (C=O) groups excluding carboxylic acids is 1. The summed E-state index contributed by atoms with van der Waals surface area (Å²) in [6.45, 7) is 2.20. The Hall–Kier alpha value is -0.940. The molecule has 0 atom stereocenters. The zero-order valence-corrected chi connectivity index (χ0v) is 7.86. The third-order valence-corrected chi connectivity index (χ3v) is 2.00. The monoisotopic (exact) mass is 185 g/mol. The van der Waals surface area contributed by atoms with Gasteiger partial charge in [-0.3, -0.25) is 4.79 Å². The first kappa shape index (κ1) is 9.15. The van der Waals surface area contributed by atoms with Crippen molar-refractivity contribution in [2.24, 2.45) is 0 Å². The highest BCUT2D eigenvalue weighted by Gasteiger charge is 2.01. The van der Waals surface area contributed by atoms with Gasteiger partial charge in [0.1, 0.15) is 0 Å². The largest absolute Gasteiger partial charge is 0.314 e. The van der Waals surface area contributed by atoms with Crippen LogP contribution in [0.1, 0.15) is 12.6 Å². The van der Waals surface area contributed by atoms with Gasteiger partial charge in [-0.2, -0.15) is 0 Å². The molecule has 0 aliphatic carbocycles. The van der Waals surface area contributed by atoms with Gasteiger partial charge in [0, 0.05) is 18.8 Å². The van der Waals surface area contributed by atoms with Crippen molar-refractivity contribution in [3.8, 4) is 0 Å². The van der Waals surface area contributed by atoms with Gasteiger partial charge in [0.2, 0.25) is 5.91 Å². The predicted octanol–water partition coefficient (Wildman–Crippen LogP) is 0.821. The lowest BCUT2D eigenvalue weighted by Gasteiger charge is -1.93. The number of hydrogen-bond acceptors (Lipinski definition) is 4. The Labute approximate surface area is 75.0 Å². The molecule has 4 nitrogen and oxygen atoms in total. The number of anilines is 1. The predicted molar refractivity (Wildman–Crippen MR) is 49.2 cm³/mol. The number of carbonyl (C=O) groups is 1. The molecule has 1 aromatic heterocycles. The van der Waals surface area contributed by atoms with E-state index in [1.54, 1.807) is 0 Å². The number of amides is 1. The van der Waals surface area contributed by atoms with E-state index in [-0.39, 0.29) is 5.91 Å². The Morgan fingerprint density at radius 3 is 3.08 bits per heavy atom. The molecule has 0 spiro atoms. The number of nitrogens with one attached hydrogen (secondary N) is 2. The number of nitrogens with zero attached hydrogens (tertiary/aromatic N) is 1. The standard InChI is InChI=1S/C7H11N3OS/c1-5(11)9-7-10-6(3-8-2)4-12-7/h4,8H,3H2,1-2H3,(H,9,10,11). The second-order valence-corrected chi connectivity index (χ2v) is 3.21. The zero-order chi connectivity index (χ0) is 8.97. The lowest BCUT2D eigenvalue weighted by Crippen LogP contribution is -2.07. The molecule has 1 heterocycles. The molecule has 0 aliphatic rings. The number of thiazole rings is 1. The summed E-state index contributed by atoms with van der Waals surface area (Å²) >= 11 is 1.43. The van der Waals surface area contributed by atoms with Gasteiger partial charge >= 0.3 is 0 Å². The molecule has 0 bridgehead atoms. The fraction of sp³-hybridized carbons (Fsp3) is 0.429. The summed E-state index contributed by atoms with van der Waals surface area (Å²) in [5, 5.41) is 8.18. The van der Waals surface area contributed by atoms with Crippen molar-refractivity contribution >= 4 is 22.4 Å². The summed E-state index contributed by atoms with van der Waals surface area (Å²) in [4.78, 5) is 14.8. The van der Waals surface area contributed by atoms with Crippen LogP contribution in [0, 0.1) is 0 Å². The maximum absolute atomic E-state index is 10.6. The minimum atomic E-state index is -0.0830. The Balaban J connectivity index is 2.58. The van der Waals surface area contributed by atoms with E-state index in [9.17, 15) is 4.79 Å². The van der Waals surface area contributed by atoms with Crippen molar-refractivity contribution in [1.82, 2.24) is 10.3 Å². The summed E-state index contributed by atoms with van der Waals surface area (Å²) in [5.74, 6) is -0.0830. The third kappa shape index (κ3) is 2.60. The highest BCUT2D eigenvalue weighted by molar-refractivity contribution is 7.13. The lowest BCUT2D eigenvalue weighted by atomic mass is 10.5. The van der Waals surface area contributed by atoms with E-state index in [0.717, 1.165) is 12.2 Å². The normalized spacial score (nSPS) is 9.83. The van der Waals surface area contributed by atoms with Crippen molar-refractivity contribution in [1.29, 1.82) is 0 Å². The molecule has 1 rings (SSSR count). The Morgan fingerprint density at radius 2 is 2.50 bits per heavy atom. The maximum atomic E-state index is 10.6. The topological polar surface area (TPSA) is 54.0 Å². The van der Waals surface area contributed by atoms with E-state index >= 15 is 0 Å². The first-order chi connectivity index (χ1) is 5.72. The van der Waals surface area contributed by atoms with Crippen molar-refractivity contribution in [2.75, 3.05) is 12.4 Å². The fourth-order valence-corrected chi connectivity index (χ4v) is 1.53. The molecule has 1 aromatic rings. The van der Waals surface area contributed by atoms with Crippen LogP contribution in [-0.4, -0.2) is 17.9 Å². The smallest absolute Gasteiger partial charge is 0.223 e. The van der Waals surface area contributed by atoms with Gasteiger partial charge < -0.3 is 10.6 Å². The van der Waals surface area contributed by atoms with Crippen LogP contribution in [0.4, 0.5) is 5.13 Å². The molecule has 0 saturated heterocycles. The summed E-state index contributed by atoms with van der Waals surface area (Å²) in [6.07, 6.45) is 0. The van der Waals surface area contributed by atoms with Gasteiger partial charge in [0.05, 0.1) is 5.69 Å². The number of rotatable bonds is 3. The molecule has 12 heavy (non-hydrogen) atoms. The second-order valence-electron chi connectivity index (χ2n) is 2.36. The summed E-state index contributed by atoms with van der Waals surface area (Å²) in [5.41, 5.74) is 0.950. The third-order valence-electron chi connectivity index (χ3n) is 1.19. The average Bonchev–Trinajstić information content (AvgIpc) is 2.36. The van der Waals surface area contributed by atoms with E-state index in [1.165, 1.54) is 18.3 Å². The summed E-state index contributed by atoms with van der Waals surface area (Å²) in [7, 11) is 1.86. The maximum Gasteiger partial charge on any atom is 0.223 e. The summed E-state index contributed by atoms with van der Waals surface area (Å²) < 4.78 is 0. The van der Waals surface area contributed by atoms with Crippen LogP contribution in [0.15, 0.2) is 5.38 Å². The minimum Gasteiger partial charge on any atom is -0.314 e. The van der Waals surface area contributed by atoms with Crippen molar-refractivity contribution in [2.45, 2.75) is 13.5 Å². The molecular formula is C7H11N3OS. The van der Waals surface area contributed by atoms with E-state index in [0.29, 0.717) is 5.13 Å². The Morgan fingerprint density at radius 1 is 1.75 bits per heavy atom. The average molecular weight is 185 g/mol. The van der Waals surface area contributed by atoms with Gasteiger partial charge in [0.15, 0.2) is 5.13 Å². The quantitative estimate of drug-likeness (QED) is 0.733. The molecule has 0 aliphatic heterocycles. The molecule has 2 N–H and O–H groups in total. The van der Waals surface area contributed by atoms with E-state index in [1.807, 2.05) is 12.4 Å². The lowest BCUT2D eigenvalue weighted by molar-refractivity contribution is -0.114. The number of aromatic nitrogens is 1. The van der Waals surface area contributed by atoms with Crippen molar-refractivity contribution < 1.29 is 4.79 Å². The zero-order valence-electron chi connectivity index (χ0n) is 7.05. The van der Waals surface area contributed by atoms with E-state index in [2.05, 4.69) is 15.6 Å².